The van der Waals surface area contributed by atoms with Crippen molar-refractivity contribution in [3.63, 3.8) is 0 Å². The van der Waals surface area contributed by atoms with Gasteiger partial charge in [0, 0.05) is 18.8 Å². The lowest BCUT2D eigenvalue weighted by molar-refractivity contribution is 0.0523. The molecule has 0 aliphatic heterocycles. The molecule has 1 aromatic heterocycles. The zero-order chi connectivity index (χ0) is 18.4. The highest BCUT2D eigenvalue weighted by molar-refractivity contribution is 5.88. The van der Waals surface area contributed by atoms with Crippen LogP contribution in [-0.2, 0) is 11.3 Å². The third kappa shape index (κ3) is 6.14. The molecule has 7 nitrogen and oxygen atoms in total. The molecule has 1 aromatic carbocycles. The molecule has 2 rings (SSSR count). The Labute approximate surface area is 145 Å². The first-order valence-electron chi connectivity index (χ1n) is 7.66. The number of benzene rings is 1. The van der Waals surface area contributed by atoms with Crippen LogP contribution >= 0.6 is 0 Å². The van der Waals surface area contributed by atoms with Gasteiger partial charge in [-0.25, -0.2) is 14.6 Å². The first kappa shape index (κ1) is 18.3. The minimum atomic E-state index is -1.03. The van der Waals surface area contributed by atoms with Crippen molar-refractivity contribution >= 4 is 12.1 Å². The second kappa shape index (κ2) is 7.65. The molecule has 7 heteroatoms. The molecule has 0 saturated carbocycles. The molecule has 0 fully saturated rings. The molecular formula is C18H20N2O5. The SMILES string of the molecule is CC(C)(C)OC(=O)NCc1ccnc(Oc2cccc(C(=O)O)c2)c1. The van der Waals surface area contributed by atoms with Gasteiger partial charge in [-0.3, -0.25) is 0 Å². The van der Waals surface area contributed by atoms with Crippen molar-refractivity contribution in [2.45, 2.75) is 32.9 Å². The normalized spacial score (nSPS) is 10.8. The number of carbonyl (C=O) groups is 2. The summed E-state index contributed by atoms with van der Waals surface area (Å²) in [5, 5.41) is 11.6. The number of ether oxygens (including phenoxy) is 2. The molecule has 0 aliphatic rings. The lowest BCUT2D eigenvalue weighted by Crippen LogP contribution is -2.32. The summed E-state index contributed by atoms with van der Waals surface area (Å²) >= 11 is 0. The molecule has 0 radical (unpaired) electrons. The molecule has 0 bridgehead atoms. The quantitative estimate of drug-likeness (QED) is 0.860. The fourth-order valence-corrected chi connectivity index (χ4v) is 1.92. The number of aromatic nitrogens is 1. The summed E-state index contributed by atoms with van der Waals surface area (Å²) in [4.78, 5) is 26.7. The molecule has 2 aromatic rings. The Morgan fingerprint density at radius 3 is 2.64 bits per heavy atom. The van der Waals surface area contributed by atoms with Crippen molar-refractivity contribution in [1.29, 1.82) is 0 Å². The van der Waals surface area contributed by atoms with Crippen LogP contribution in [0.15, 0.2) is 42.6 Å². The maximum atomic E-state index is 11.7. The van der Waals surface area contributed by atoms with Gasteiger partial charge in [0.2, 0.25) is 5.88 Å². The van der Waals surface area contributed by atoms with Crippen molar-refractivity contribution < 1.29 is 24.2 Å². The van der Waals surface area contributed by atoms with Crippen LogP contribution < -0.4 is 10.1 Å². The maximum absolute atomic E-state index is 11.7. The van der Waals surface area contributed by atoms with Crippen molar-refractivity contribution in [1.82, 2.24) is 10.3 Å². The molecule has 132 valence electrons. The van der Waals surface area contributed by atoms with Crippen LogP contribution in [0, 0.1) is 0 Å². The summed E-state index contributed by atoms with van der Waals surface area (Å²) in [6.45, 7) is 5.62. The van der Waals surface area contributed by atoms with Crippen LogP contribution in [0.25, 0.3) is 0 Å². The van der Waals surface area contributed by atoms with Crippen molar-refractivity contribution in [2.75, 3.05) is 0 Å². The minimum absolute atomic E-state index is 0.125. The van der Waals surface area contributed by atoms with Gasteiger partial charge in [-0.1, -0.05) is 6.07 Å². The highest BCUT2D eigenvalue weighted by Crippen LogP contribution is 2.21. The summed E-state index contributed by atoms with van der Waals surface area (Å²) in [6.07, 6.45) is 1.03. The van der Waals surface area contributed by atoms with Gasteiger partial charge in [-0.2, -0.15) is 0 Å². The topological polar surface area (TPSA) is 97.8 Å². The summed E-state index contributed by atoms with van der Waals surface area (Å²) in [6, 6.07) is 9.51. The van der Waals surface area contributed by atoms with E-state index in [-0.39, 0.29) is 12.1 Å². The van der Waals surface area contributed by atoms with Crippen LogP contribution in [-0.4, -0.2) is 27.8 Å². The van der Waals surface area contributed by atoms with Crippen LogP contribution in [0.1, 0.15) is 36.7 Å². The van der Waals surface area contributed by atoms with Crippen LogP contribution in [0.5, 0.6) is 11.6 Å². The fraction of sp³-hybridized carbons (Fsp3) is 0.278. The average Bonchev–Trinajstić information content (AvgIpc) is 2.52. The number of alkyl carbamates (subject to hydrolysis) is 1. The van der Waals surface area contributed by atoms with E-state index in [0.29, 0.717) is 11.6 Å². The van der Waals surface area contributed by atoms with Crippen molar-refractivity contribution in [2.24, 2.45) is 0 Å². The van der Waals surface area contributed by atoms with E-state index in [1.165, 1.54) is 12.1 Å². The Morgan fingerprint density at radius 2 is 1.96 bits per heavy atom. The lowest BCUT2D eigenvalue weighted by atomic mass is 10.2. The molecule has 0 unspecified atom stereocenters. The minimum Gasteiger partial charge on any atom is -0.478 e. The zero-order valence-electron chi connectivity index (χ0n) is 14.3. The molecular weight excluding hydrogens is 324 g/mol. The lowest BCUT2D eigenvalue weighted by Gasteiger charge is -2.19. The highest BCUT2D eigenvalue weighted by Gasteiger charge is 2.15. The summed E-state index contributed by atoms with van der Waals surface area (Å²) in [5.74, 6) is -0.371. The van der Waals surface area contributed by atoms with E-state index in [4.69, 9.17) is 14.6 Å². The number of carbonyl (C=O) groups excluding carboxylic acids is 1. The van der Waals surface area contributed by atoms with E-state index in [1.807, 2.05) is 0 Å². The van der Waals surface area contributed by atoms with E-state index in [9.17, 15) is 9.59 Å². The fourth-order valence-electron chi connectivity index (χ4n) is 1.92. The average molecular weight is 344 g/mol. The smallest absolute Gasteiger partial charge is 0.407 e. The zero-order valence-corrected chi connectivity index (χ0v) is 14.3. The van der Waals surface area contributed by atoms with Gasteiger partial charge in [-0.05, 0) is 50.6 Å². The molecule has 2 N–H and O–H groups in total. The number of hydrogen-bond acceptors (Lipinski definition) is 5. The predicted octanol–water partition coefficient (Wildman–Crippen LogP) is 3.60. The van der Waals surface area contributed by atoms with Crippen molar-refractivity contribution in [3.05, 3.63) is 53.7 Å². The van der Waals surface area contributed by atoms with E-state index < -0.39 is 17.7 Å². The number of pyridine rings is 1. The number of amides is 1. The van der Waals surface area contributed by atoms with Crippen molar-refractivity contribution in [3.8, 4) is 11.6 Å². The monoisotopic (exact) mass is 344 g/mol. The Hall–Kier alpha value is -3.09. The third-order valence-electron chi connectivity index (χ3n) is 2.94. The highest BCUT2D eigenvalue weighted by atomic mass is 16.6. The van der Waals surface area contributed by atoms with Crippen LogP contribution in [0.2, 0.25) is 0 Å². The molecule has 0 saturated heterocycles. The Morgan fingerprint density at radius 1 is 1.20 bits per heavy atom. The summed E-state index contributed by atoms with van der Waals surface area (Å²) < 4.78 is 10.7. The third-order valence-corrected chi connectivity index (χ3v) is 2.94. The van der Waals surface area contributed by atoms with Gasteiger partial charge >= 0.3 is 12.1 Å². The van der Waals surface area contributed by atoms with Gasteiger partial charge in [-0.15, -0.1) is 0 Å². The molecule has 1 amide bonds. The van der Waals surface area contributed by atoms with Gasteiger partial charge in [0.15, 0.2) is 0 Å². The van der Waals surface area contributed by atoms with Gasteiger partial charge in [0.25, 0.3) is 0 Å². The van der Waals surface area contributed by atoms with E-state index in [2.05, 4.69) is 10.3 Å². The van der Waals surface area contributed by atoms with Gasteiger partial charge in [0.1, 0.15) is 11.4 Å². The molecule has 0 aliphatic carbocycles. The predicted molar refractivity (Wildman–Crippen MR) is 90.8 cm³/mol. The number of carboxylic acid groups (broad SMARTS) is 1. The first-order valence-corrected chi connectivity index (χ1v) is 7.66. The van der Waals surface area contributed by atoms with E-state index in [0.717, 1.165) is 5.56 Å². The number of nitrogens with zero attached hydrogens (tertiary/aromatic N) is 1. The largest absolute Gasteiger partial charge is 0.478 e. The van der Waals surface area contributed by atoms with E-state index >= 15 is 0 Å². The second-order valence-corrected chi connectivity index (χ2v) is 6.29. The number of aromatic carboxylic acids is 1. The Kier molecular flexibility index (Phi) is 5.59. The van der Waals surface area contributed by atoms with Crippen LogP contribution in [0.3, 0.4) is 0 Å². The van der Waals surface area contributed by atoms with Gasteiger partial charge < -0.3 is 19.9 Å². The molecule has 0 spiro atoms. The van der Waals surface area contributed by atoms with Gasteiger partial charge in [0.05, 0.1) is 5.56 Å². The number of hydrogen-bond donors (Lipinski definition) is 2. The van der Waals surface area contributed by atoms with E-state index in [1.54, 1.807) is 51.2 Å². The molecule has 0 atom stereocenters. The second-order valence-electron chi connectivity index (χ2n) is 6.29. The molecule has 1 heterocycles. The molecule has 25 heavy (non-hydrogen) atoms. The standard InChI is InChI=1S/C18H20N2O5/c1-18(2,3)25-17(23)20-11-12-7-8-19-15(9-12)24-14-6-4-5-13(10-14)16(21)22/h4-10H,11H2,1-3H3,(H,20,23)(H,21,22). The number of nitrogens with one attached hydrogen (secondary N) is 1. The Balaban J connectivity index is 2.00. The summed E-state index contributed by atoms with van der Waals surface area (Å²) in [7, 11) is 0. The number of rotatable bonds is 5. The first-order chi connectivity index (χ1) is 11.7. The van der Waals surface area contributed by atoms with Crippen LogP contribution in [0.4, 0.5) is 4.79 Å². The maximum Gasteiger partial charge on any atom is 0.407 e. The Bertz CT molecular complexity index is 768. The number of carboxylic acids is 1. The summed E-state index contributed by atoms with van der Waals surface area (Å²) in [5.41, 5.74) is 0.330.